The van der Waals surface area contributed by atoms with E-state index in [1.54, 1.807) is 23.9 Å². The molecule has 0 spiro atoms. The molecule has 1 fully saturated rings. The lowest BCUT2D eigenvalue weighted by molar-refractivity contribution is -0.385. The SMILES string of the molecule is C[C@H](/C=C/CCn1cc(CCO)nn1)[C@@]1(O)C(=O)N(Cc2ccc(N3CCCCCCC3=O)cc2)c2ccc([N+](=O)[O-])cc21. The maximum Gasteiger partial charge on any atom is 0.269 e. The molecule has 1 saturated heterocycles. The third kappa shape index (κ3) is 6.41. The molecular weight excluding hydrogens is 564 g/mol. The molecule has 0 radical (unpaired) electrons. The number of fused-ring (bicyclic) bond motifs is 1. The number of hydrogen-bond donors (Lipinski definition) is 2. The van der Waals surface area contributed by atoms with Crippen molar-refractivity contribution in [2.45, 2.75) is 70.6 Å². The number of benzene rings is 2. The summed E-state index contributed by atoms with van der Waals surface area (Å²) in [5.74, 6) is -1.14. The van der Waals surface area contributed by atoms with E-state index in [2.05, 4.69) is 10.3 Å². The summed E-state index contributed by atoms with van der Waals surface area (Å²) in [6.45, 7) is 3.05. The molecule has 12 nitrogen and oxygen atoms in total. The fourth-order valence-corrected chi connectivity index (χ4v) is 5.93. The molecule has 2 amide bonds. The second-order valence-corrected chi connectivity index (χ2v) is 11.4. The van der Waals surface area contributed by atoms with Crippen LogP contribution in [-0.4, -0.2) is 55.1 Å². The van der Waals surface area contributed by atoms with E-state index in [0.29, 0.717) is 43.7 Å². The van der Waals surface area contributed by atoms with E-state index in [-0.39, 0.29) is 30.3 Å². The monoisotopic (exact) mass is 602 g/mol. The number of non-ortho nitro benzene ring substituents is 1. The van der Waals surface area contributed by atoms with Crippen molar-refractivity contribution in [2.75, 3.05) is 23.0 Å². The Labute approximate surface area is 255 Å². The van der Waals surface area contributed by atoms with Gasteiger partial charge in [-0.15, -0.1) is 5.10 Å². The maximum atomic E-state index is 13.9. The third-order valence-corrected chi connectivity index (χ3v) is 8.44. The van der Waals surface area contributed by atoms with Gasteiger partial charge in [0.05, 0.1) is 22.8 Å². The van der Waals surface area contributed by atoms with Crippen LogP contribution in [0.1, 0.15) is 62.3 Å². The molecule has 12 heteroatoms. The van der Waals surface area contributed by atoms with E-state index in [9.17, 15) is 24.8 Å². The van der Waals surface area contributed by atoms with Gasteiger partial charge in [-0.1, -0.05) is 49.3 Å². The number of aliphatic hydroxyl groups is 2. The zero-order valence-electron chi connectivity index (χ0n) is 24.8. The van der Waals surface area contributed by atoms with Crippen LogP contribution < -0.4 is 9.80 Å². The van der Waals surface area contributed by atoms with Gasteiger partial charge in [0.15, 0.2) is 5.60 Å². The van der Waals surface area contributed by atoms with E-state index < -0.39 is 22.3 Å². The maximum absolute atomic E-state index is 13.9. The highest BCUT2D eigenvalue weighted by molar-refractivity contribution is 6.07. The predicted octanol–water partition coefficient (Wildman–Crippen LogP) is 4.04. The van der Waals surface area contributed by atoms with E-state index in [0.717, 1.165) is 36.9 Å². The number of allylic oxidation sites excluding steroid dienone is 1. The van der Waals surface area contributed by atoms with Gasteiger partial charge in [-0.3, -0.25) is 24.4 Å². The van der Waals surface area contributed by atoms with E-state index in [1.807, 2.05) is 35.2 Å². The largest absolute Gasteiger partial charge is 0.396 e. The third-order valence-electron chi connectivity index (χ3n) is 8.44. The fraction of sp³-hybridized carbons (Fsp3) is 0.438. The average molecular weight is 603 g/mol. The zero-order valence-corrected chi connectivity index (χ0v) is 24.8. The Bertz CT molecular complexity index is 1540. The normalized spacial score (nSPS) is 19.7. The minimum Gasteiger partial charge on any atom is -0.396 e. The Morgan fingerprint density at radius 3 is 2.64 bits per heavy atom. The second kappa shape index (κ2) is 13.5. The lowest BCUT2D eigenvalue weighted by Crippen LogP contribution is -2.44. The first-order valence-corrected chi connectivity index (χ1v) is 15.1. The summed E-state index contributed by atoms with van der Waals surface area (Å²) in [7, 11) is 0. The van der Waals surface area contributed by atoms with Crippen molar-refractivity contribution in [3.63, 3.8) is 0 Å². The average Bonchev–Trinajstić information content (AvgIpc) is 3.54. The number of aliphatic hydroxyl groups excluding tert-OH is 1. The van der Waals surface area contributed by atoms with Crippen LogP contribution in [-0.2, 0) is 34.7 Å². The van der Waals surface area contributed by atoms with Gasteiger partial charge in [0.2, 0.25) is 5.91 Å². The zero-order chi connectivity index (χ0) is 31.3. The van der Waals surface area contributed by atoms with Crippen LogP contribution in [0.15, 0.2) is 60.8 Å². The smallest absolute Gasteiger partial charge is 0.269 e. The molecule has 0 saturated carbocycles. The topological polar surface area (TPSA) is 155 Å². The van der Waals surface area contributed by atoms with Crippen molar-refractivity contribution >= 4 is 28.9 Å². The van der Waals surface area contributed by atoms with Crippen molar-refractivity contribution < 1.29 is 24.7 Å². The van der Waals surface area contributed by atoms with Crippen molar-refractivity contribution in [1.82, 2.24) is 15.0 Å². The lowest BCUT2D eigenvalue weighted by atomic mass is 9.82. The Kier molecular flexibility index (Phi) is 9.50. The van der Waals surface area contributed by atoms with Crippen LogP contribution in [0.5, 0.6) is 0 Å². The van der Waals surface area contributed by atoms with Crippen LogP contribution in [0.2, 0.25) is 0 Å². The summed E-state index contributed by atoms with van der Waals surface area (Å²) in [4.78, 5) is 41.0. The van der Waals surface area contributed by atoms with E-state index >= 15 is 0 Å². The molecule has 44 heavy (non-hydrogen) atoms. The minimum absolute atomic E-state index is 0.00963. The Morgan fingerprint density at radius 1 is 1.11 bits per heavy atom. The summed E-state index contributed by atoms with van der Waals surface area (Å²) in [6, 6.07) is 11.6. The number of hydrogen-bond acceptors (Lipinski definition) is 8. The summed E-state index contributed by atoms with van der Waals surface area (Å²) in [6.07, 6.45) is 10.9. The van der Waals surface area contributed by atoms with Gasteiger partial charge in [-0.2, -0.15) is 0 Å². The first-order chi connectivity index (χ1) is 21.2. The minimum atomic E-state index is -2.00. The summed E-state index contributed by atoms with van der Waals surface area (Å²) in [5.41, 5.74) is 0.708. The molecule has 2 aromatic carbocycles. The highest BCUT2D eigenvalue weighted by atomic mass is 16.6. The van der Waals surface area contributed by atoms with Gasteiger partial charge in [0.25, 0.3) is 11.6 Å². The Hall–Kier alpha value is -4.42. The Morgan fingerprint density at radius 2 is 1.89 bits per heavy atom. The number of amides is 2. The van der Waals surface area contributed by atoms with Crippen molar-refractivity contribution in [1.29, 1.82) is 0 Å². The summed E-state index contributed by atoms with van der Waals surface area (Å²) >= 11 is 0. The number of nitro groups is 1. The quantitative estimate of drug-likeness (QED) is 0.189. The summed E-state index contributed by atoms with van der Waals surface area (Å²) in [5, 5.41) is 40.6. The number of carbonyl (C=O) groups excluding carboxylic acids is 2. The van der Waals surface area contributed by atoms with Gasteiger partial charge in [0, 0.05) is 68.0 Å². The molecule has 2 N–H and O–H groups in total. The highest BCUT2D eigenvalue weighted by Crippen LogP contribution is 2.47. The van der Waals surface area contributed by atoms with Gasteiger partial charge < -0.3 is 20.0 Å². The molecular formula is C32H38N6O6. The van der Waals surface area contributed by atoms with Crippen LogP contribution in [0.3, 0.4) is 0 Å². The molecule has 3 heterocycles. The van der Waals surface area contributed by atoms with Gasteiger partial charge >= 0.3 is 0 Å². The highest BCUT2D eigenvalue weighted by Gasteiger charge is 2.53. The summed E-state index contributed by atoms with van der Waals surface area (Å²) < 4.78 is 1.66. The molecule has 2 aliphatic heterocycles. The van der Waals surface area contributed by atoms with E-state index in [4.69, 9.17) is 5.11 Å². The molecule has 0 aliphatic carbocycles. The number of nitro benzene ring substituents is 1. The van der Waals surface area contributed by atoms with Crippen LogP contribution >= 0.6 is 0 Å². The fourth-order valence-electron chi connectivity index (χ4n) is 5.93. The van der Waals surface area contributed by atoms with Crippen molar-refractivity contribution in [3.8, 4) is 0 Å². The standard InChI is InChI=1S/C32H38N6O6/c1-23(8-5-7-17-35-22-25(16-19-39)33-34-35)32(42)28-20-27(38(43)44)14-15-29(28)37(31(32)41)21-24-10-12-26(13-11-24)36-18-6-3-2-4-9-30(36)40/h5,8,10-15,20,22-23,39,42H,2-4,6-7,9,16-19,21H2,1H3/b8-5+/t23-,32+/m1/s1. The van der Waals surface area contributed by atoms with Crippen molar-refractivity contribution in [2.24, 2.45) is 5.92 Å². The second-order valence-electron chi connectivity index (χ2n) is 11.4. The molecule has 0 bridgehead atoms. The first kappa shape index (κ1) is 31.0. The molecule has 2 atom stereocenters. The molecule has 2 aliphatic rings. The number of rotatable bonds is 11. The number of aryl methyl sites for hydroxylation is 1. The lowest BCUT2D eigenvalue weighted by Gasteiger charge is -2.28. The molecule has 0 unspecified atom stereocenters. The van der Waals surface area contributed by atoms with Crippen LogP contribution in [0.25, 0.3) is 0 Å². The van der Waals surface area contributed by atoms with Crippen LogP contribution in [0, 0.1) is 16.0 Å². The number of carbonyl (C=O) groups is 2. The molecule has 1 aromatic heterocycles. The van der Waals surface area contributed by atoms with Crippen LogP contribution in [0.4, 0.5) is 17.1 Å². The Balaban J connectivity index is 1.34. The van der Waals surface area contributed by atoms with Crippen molar-refractivity contribution in [3.05, 3.63) is 87.7 Å². The molecule has 5 rings (SSSR count). The van der Waals surface area contributed by atoms with Gasteiger partial charge in [-0.05, 0) is 43.0 Å². The number of anilines is 2. The molecule has 232 valence electrons. The number of aromatic nitrogens is 3. The van der Waals surface area contributed by atoms with E-state index in [1.165, 1.54) is 23.1 Å². The first-order valence-electron chi connectivity index (χ1n) is 15.1. The molecule has 3 aromatic rings. The predicted molar refractivity (Wildman–Crippen MR) is 164 cm³/mol. The van der Waals surface area contributed by atoms with Gasteiger partial charge in [-0.25, -0.2) is 0 Å². The van der Waals surface area contributed by atoms with Gasteiger partial charge in [0.1, 0.15) is 0 Å². The number of nitrogens with zero attached hydrogens (tertiary/aromatic N) is 6.